The highest BCUT2D eigenvalue weighted by Crippen LogP contribution is 2.28. The number of nitrogens with zero attached hydrogens (tertiary/aromatic N) is 2. The van der Waals surface area contributed by atoms with Crippen molar-refractivity contribution < 1.29 is 19.8 Å². The minimum absolute atomic E-state index is 0.0681. The minimum Gasteiger partial charge on any atom is -0.395 e. The van der Waals surface area contributed by atoms with Gasteiger partial charge in [0, 0.05) is 32.2 Å². The Labute approximate surface area is 153 Å². The molecule has 0 saturated carbocycles. The Balaban J connectivity index is 1.71. The van der Waals surface area contributed by atoms with Crippen molar-refractivity contribution in [1.82, 2.24) is 15.1 Å². The zero-order chi connectivity index (χ0) is 18.5. The molecule has 1 aliphatic heterocycles. The van der Waals surface area contributed by atoms with Crippen molar-refractivity contribution in [2.45, 2.75) is 31.3 Å². The highest BCUT2D eigenvalue weighted by molar-refractivity contribution is 5.89. The summed E-state index contributed by atoms with van der Waals surface area (Å²) in [6.07, 6.45) is 1.86. The van der Waals surface area contributed by atoms with Gasteiger partial charge >= 0.3 is 0 Å². The summed E-state index contributed by atoms with van der Waals surface area (Å²) < 4.78 is 0. The number of benzene rings is 1. The Morgan fingerprint density at radius 3 is 2.35 bits per heavy atom. The molecule has 0 bridgehead atoms. The van der Waals surface area contributed by atoms with Crippen molar-refractivity contribution in [2.75, 3.05) is 39.4 Å². The van der Waals surface area contributed by atoms with Gasteiger partial charge in [-0.25, -0.2) is 0 Å². The minimum atomic E-state index is -0.504. The standard InChI is InChI=1S/C19H27N3O4/c23-9-7-21(8-10-24)18(25)13-17-19(26)20-5-6-22(17)16-11-14-3-1-2-4-15(14)12-16/h1-4,16-17,23-24H,5-13H2,(H,20,26)/t17-/m1/s1. The van der Waals surface area contributed by atoms with Crippen molar-refractivity contribution in [3.8, 4) is 0 Å². The van der Waals surface area contributed by atoms with E-state index < -0.39 is 6.04 Å². The van der Waals surface area contributed by atoms with E-state index in [1.54, 1.807) is 0 Å². The first kappa shape index (κ1) is 18.8. The molecule has 2 aliphatic rings. The first-order valence-electron chi connectivity index (χ1n) is 9.23. The van der Waals surface area contributed by atoms with Crippen molar-refractivity contribution >= 4 is 11.8 Å². The molecule has 7 heteroatoms. The number of nitrogens with one attached hydrogen (secondary N) is 1. The third-order valence-electron chi connectivity index (χ3n) is 5.33. The molecule has 1 saturated heterocycles. The van der Waals surface area contributed by atoms with E-state index in [9.17, 15) is 9.59 Å². The largest absolute Gasteiger partial charge is 0.395 e. The smallest absolute Gasteiger partial charge is 0.237 e. The summed E-state index contributed by atoms with van der Waals surface area (Å²) in [4.78, 5) is 28.7. The van der Waals surface area contributed by atoms with E-state index in [2.05, 4.69) is 22.3 Å². The van der Waals surface area contributed by atoms with Gasteiger partial charge in [0.05, 0.1) is 25.7 Å². The quantitative estimate of drug-likeness (QED) is 0.589. The number of piperazine rings is 1. The lowest BCUT2D eigenvalue weighted by Gasteiger charge is -2.39. The van der Waals surface area contributed by atoms with E-state index >= 15 is 0 Å². The Morgan fingerprint density at radius 2 is 1.77 bits per heavy atom. The number of carbonyl (C=O) groups excluding carboxylic acids is 2. The van der Waals surface area contributed by atoms with Crippen LogP contribution in [-0.4, -0.2) is 83.3 Å². The van der Waals surface area contributed by atoms with E-state index in [4.69, 9.17) is 10.2 Å². The fraction of sp³-hybridized carbons (Fsp3) is 0.579. The number of hydrogen-bond acceptors (Lipinski definition) is 5. The Morgan fingerprint density at radius 1 is 1.15 bits per heavy atom. The number of fused-ring (bicyclic) bond motifs is 1. The predicted molar refractivity (Wildman–Crippen MR) is 96.5 cm³/mol. The van der Waals surface area contributed by atoms with E-state index in [1.165, 1.54) is 16.0 Å². The summed E-state index contributed by atoms with van der Waals surface area (Å²) in [6, 6.07) is 8.04. The van der Waals surface area contributed by atoms with E-state index in [0.717, 1.165) is 19.4 Å². The third-order valence-corrected chi connectivity index (χ3v) is 5.33. The van der Waals surface area contributed by atoms with Crippen LogP contribution in [0, 0.1) is 0 Å². The second-order valence-corrected chi connectivity index (χ2v) is 6.91. The average molecular weight is 361 g/mol. The molecular weight excluding hydrogens is 334 g/mol. The van der Waals surface area contributed by atoms with Gasteiger partial charge in [-0.1, -0.05) is 24.3 Å². The summed E-state index contributed by atoms with van der Waals surface area (Å²) >= 11 is 0. The van der Waals surface area contributed by atoms with Crippen molar-refractivity contribution in [1.29, 1.82) is 0 Å². The molecule has 142 valence electrons. The molecular formula is C19H27N3O4. The van der Waals surface area contributed by atoms with Gasteiger partial charge in [-0.3, -0.25) is 14.5 Å². The summed E-state index contributed by atoms with van der Waals surface area (Å²) in [7, 11) is 0. The van der Waals surface area contributed by atoms with E-state index in [-0.39, 0.29) is 50.6 Å². The van der Waals surface area contributed by atoms with E-state index in [1.807, 2.05) is 12.1 Å². The second kappa shape index (κ2) is 8.62. The molecule has 1 aromatic rings. The van der Waals surface area contributed by atoms with Gasteiger partial charge in [0.1, 0.15) is 0 Å². The number of hydrogen-bond donors (Lipinski definition) is 3. The van der Waals surface area contributed by atoms with Crippen LogP contribution in [0.4, 0.5) is 0 Å². The maximum atomic E-state index is 12.6. The van der Waals surface area contributed by atoms with Crippen LogP contribution in [0.3, 0.4) is 0 Å². The normalized spacial score (nSPS) is 20.7. The monoisotopic (exact) mass is 361 g/mol. The first-order valence-corrected chi connectivity index (χ1v) is 9.23. The third kappa shape index (κ3) is 4.06. The molecule has 0 unspecified atom stereocenters. The summed E-state index contributed by atoms with van der Waals surface area (Å²) in [6.45, 7) is 1.33. The number of aliphatic hydroxyl groups excluding tert-OH is 2. The van der Waals surface area contributed by atoms with Crippen LogP contribution in [0.2, 0.25) is 0 Å². The van der Waals surface area contributed by atoms with Gasteiger partial charge in [0.2, 0.25) is 11.8 Å². The maximum Gasteiger partial charge on any atom is 0.237 e. The first-order chi connectivity index (χ1) is 12.6. The molecule has 2 amide bonds. The summed E-state index contributed by atoms with van der Waals surface area (Å²) in [5, 5.41) is 21.1. The molecule has 3 N–H and O–H groups in total. The number of amides is 2. The van der Waals surface area contributed by atoms with Gasteiger partial charge in [-0.15, -0.1) is 0 Å². The zero-order valence-electron chi connectivity index (χ0n) is 14.9. The molecule has 26 heavy (non-hydrogen) atoms. The number of rotatable bonds is 7. The summed E-state index contributed by atoms with van der Waals surface area (Å²) in [5.74, 6) is -0.329. The Hall–Kier alpha value is -1.96. The fourth-order valence-electron chi connectivity index (χ4n) is 4.05. The van der Waals surface area contributed by atoms with Gasteiger partial charge < -0.3 is 20.4 Å². The average Bonchev–Trinajstić information content (AvgIpc) is 3.07. The molecule has 1 aliphatic carbocycles. The van der Waals surface area contributed by atoms with Crippen LogP contribution in [0.15, 0.2) is 24.3 Å². The van der Waals surface area contributed by atoms with Crippen LogP contribution < -0.4 is 5.32 Å². The van der Waals surface area contributed by atoms with Crippen LogP contribution in [0.5, 0.6) is 0 Å². The molecule has 1 heterocycles. The lowest BCUT2D eigenvalue weighted by atomic mass is 10.0. The lowest BCUT2D eigenvalue weighted by molar-refractivity contribution is -0.140. The van der Waals surface area contributed by atoms with Crippen LogP contribution in [-0.2, 0) is 22.4 Å². The number of carbonyl (C=O) groups is 2. The van der Waals surface area contributed by atoms with Crippen molar-refractivity contribution in [3.05, 3.63) is 35.4 Å². The van der Waals surface area contributed by atoms with Gasteiger partial charge in [0.15, 0.2) is 0 Å². The van der Waals surface area contributed by atoms with Gasteiger partial charge in [-0.05, 0) is 24.0 Å². The predicted octanol–water partition coefficient (Wildman–Crippen LogP) is -0.842. The molecule has 0 radical (unpaired) electrons. The SMILES string of the molecule is O=C1NCCN(C2Cc3ccccc3C2)[C@@H]1CC(=O)N(CCO)CCO. The van der Waals surface area contributed by atoms with Crippen LogP contribution in [0.1, 0.15) is 17.5 Å². The number of aliphatic hydroxyl groups is 2. The fourth-order valence-corrected chi connectivity index (χ4v) is 4.05. The molecule has 1 atom stereocenters. The second-order valence-electron chi connectivity index (χ2n) is 6.91. The maximum absolute atomic E-state index is 12.6. The molecule has 0 spiro atoms. The lowest BCUT2D eigenvalue weighted by Crippen LogP contribution is -2.60. The Bertz CT molecular complexity index is 620. The molecule has 7 nitrogen and oxygen atoms in total. The van der Waals surface area contributed by atoms with Crippen LogP contribution >= 0.6 is 0 Å². The summed E-state index contributed by atoms with van der Waals surface area (Å²) in [5.41, 5.74) is 2.63. The molecule has 1 fully saturated rings. The van der Waals surface area contributed by atoms with Crippen molar-refractivity contribution in [2.24, 2.45) is 0 Å². The highest BCUT2D eigenvalue weighted by atomic mass is 16.3. The topological polar surface area (TPSA) is 93.1 Å². The van der Waals surface area contributed by atoms with E-state index in [0.29, 0.717) is 6.54 Å². The van der Waals surface area contributed by atoms with Gasteiger partial charge in [-0.2, -0.15) is 0 Å². The molecule has 3 rings (SSSR count). The molecule has 1 aromatic carbocycles. The van der Waals surface area contributed by atoms with Crippen molar-refractivity contribution in [3.63, 3.8) is 0 Å². The van der Waals surface area contributed by atoms with Gasteiger partial charge in [0.25, 0.3) is 0 Å². The Kier molecular flexibility index (Phi) is 6.24. The van der Waals surface area contributed by atoms with Crippen LogP contribution in [0.25, 0.3) is 0 Å². The molecule has 0 aromatic heterocycles. The zero-order valence-corrected chi connectivity index (χ0v) is 14.9. The highest BCUT2D eigenvalue weighted by Gasteiger charge is 2.38.